The van der Waals surface area contributed by atoms with Gasteiger partial charge in [-0.15, -0.1) is 0 Å². The van der Waals surface area contributed by atoms with Crippen LogP contribution in [0.5, 0.6) is 0 Å². The number of fused-ring (bicyclic) bond motifs is 4. The molecule has 1 unspecified atom stereocenters. The fraction of sp³-hybridized carbons (Fsp3) is 0.409. The lowest BCUT2D eigenvalue weighted by atomic mass is 9.92. The number of aryl methyl sites for hydroxylation is 1. The van der Waals surface area contributed by atoms with Gasteiger partial charge >= 0.3 is 0 Å². The van der Waals surface area contributed by atoms with Gasteiger partial charge in [0.2, 0.25) is 0 Å². The van der Waals surface area contributed by atoms with Gasteiger partial charge in [-0.3, -0.25) is 0 Å². The zero-order chi connectivity index (χ0) is 18.4. The molecule has 27 heavy (non-hydrogen) atoms. The number of aromatic amines is 1. The first-order valence-corrected chi connectivity index (χ1v) is 9.94. The third-order valence-corrected chi connectivity index (χ3v) is 6.14. The number of H-pyrrole nitrogens is 1. The number of anilines is 2. The zero-order valence-corrected chi connectivity index (χ0v) is 16.1. The minimum atomic E-state index is 0.572. The van der Waals surface area contributed by atoms with E-state index in [0.717, 1.165) is 49.5 Å². The van der Waals surface area contributed by atoms with E-state index in [1.807, 2.05) is 0 Å². The van der Waals surface area contributed by atoms with Crippen molar-refractivity contribution in [2.45, 2.75) is 38.3 Å². The number of likely N-dealkylation sites (N-methyl/N-ethyl adjacent to an activating group) is 2. The van der Waals surface area contributed by atoms with Gasteiger partial charge < -0.3 is 20.5 Å². The Kier molecular flexibility index (Phi) is 4.14. The van der Waals surface area contributed by atoms with E-state index in [1.54, 1.807) is 0 Å². The smallest absolute Gasteiger partial charge is 0.140 e. The third-order valence-electron chi connectivity index (χ3n) is 6.14. The summed E-state index contributed by atoms with van der Waals surface area (Å²) in [7, 11) is 4.24. The normalized spacial score (nSPS) is 19.7. The lowest BCUT2D eigenvalue weighted by molar-refractivity contribution is 0.313. The van der Waals surface area contributed by atoms with E-state index in [9.17, 15) is 0 Å². The summed E-state index contributed by atoms with van der Waals surface area (Å²) in [6.45, 7) is 2.16. The molecule has 3 aromatic rings. The molecule has 0 fully saturated rings. The summed E-state index contributed by atoms with van der Waals surface area (Å²) in [4.78, 5) is 10.8. The first-order valence-electron chi connectivity index (χ1n) is 9.94. The molecule has 2 aromatic heterocycles. The Labute approximate surface area is 160 Å². The maximum atomic E-state index is 4.86. The number of nitrogens with one attached hydrogen (secondary N) is 3. The van der Waals surface area contributed by atoms with Crippen LogP contribution >= 0.6 is 0 Å². The Morgan fingerprint density at radius 1 is 1.15 bits per heavy atom. The first-order chi connectivity index (χ1) is 13.2. The molecule has 1 aromatic carbocycles. The lowest BCUT2D eigenvalue weighted by Crippen LogP contribution is -2.31. The number of hydrogen-bond acceptors (Lipinski definition) is 4. The van der Waals surface area contributed by atoms with E-state index in [0.29, 0.717) is 6.04 Å². The fourth-order valence-electron chi connectivity index (χ4n) is 4.53. The highest BCUT2D eigenvalue weighted by Crippen LogP contribution is 2.30. The van der Waals surface area contributed by atoms with Crippen molar-refractivity contribution in [1.82, 2.24) is 20.2 Å². The molecule has 140 valence electrons. The molecule has 0 saturated heterocycles. The van der Waals surface area contributed by atoms with Crippen molar-refractivity contribution in [3.8, 4) is 0 Å². The molecule has 1 aliphatic heterocycles. The predicted octanol–water partition coefficient (Wildman–Crippen LogP) is 3.37. The summed E-state index contributed by atoms with van der Waals surface area (Å²) in [5.74, 6) is 0.898. The average Bonchev–Trinajstić information content (AvgIpc) is 3.04. The van der Waals surface area contributed by atoms with Gasteiger partial charge in [0.1, 0.15) is 11.5 Å². The van der Waals surface area contributed by atoms with Gasteiger partial charge in [0.05, 0.1) is 0 Å². The Hall–Kier alpha value is -2.37. The van der Waals surface area contributed by atoms with Crippen LogP contribution in [0, 0.1) is 0 Å². The molecular formula is C22H27N5. The molecule has 5 heteroatoms. The summed E-state index contributed by atoms with van der Waals surface area (Å²) in [5.41, 5.74) is 7.80. The standard InChI is InChI=1S/C22H27N5/c1-23-16-5-7-20-19(12-16)18-6-8-21(26-22(18)25-20)24-17-4-3-14-9-10-27(2)13-15(14)11-17/h3-4,6,8,11,16,23H,5,7,9-10,12-13H2,1-2H3,(H2,24,25,26). The van der Waals surface area contributed by atoms with Crippen LogP contribution in [0.25, 0.3) is 11.0 Å². The largest absolute Gasteiger partial charge is 0.343 e. The minimum absolute atomic E-state index is 0.572. The van der Waals surface area contributed by atoms with Crippen molar-refractivity contribution in [2.75, 3.05) is 26.0 Å². The van der Waals surface area contributed by atoms with Crippen molar-refractivity contribution in [3.63, 3.8) is 0 Å². The van der Waals surface area contributed by atoms with Gasteiger partial charge in [-0.05, 0) is 80.7 Å². The molecule has 5 rings (SSSR count). The van der Waals surface area contributed by atoms with Crippen LogP contribution in [0.4, 0.5) is 11.5 Å². The summed E-state index contributed by atoms with van der Waals surface area (Å²) in [6.07, 6.45) is 4.50. The summed E-state index contributed by atoms with van der Waals surface area (Å²) in [5, 5.41) is 8.19. The van der Waals surface area contributed by atoms with Crippen molar-refractivity contribution < 1.29 is 0 Å². The highest BCUT2D eigenvalue weighted by Gasteiger charge is 2.22. The quantitative estimate of drug-likeness (QED) is 0.669. The summed E-state index contributed by atoms with van der Waals surface area (Å²) in [6, 6.07) is 11.6. The van der Waals surface area contributed by atoms with Gasteiger partial charge in [-0.1, -0.05) is 6.07 Å². The third kappa shape index (κ3) is 3.11. The Bertz CT molecular complexity index is 990. The van der Waals surface area contributed by atoms with Crippen molar-refractivity contribution in [3.05, 3.63) is 52.7 Å². The summed E-state index contributed by atoms with van der Waals surface area (Å²) < 4.78 is 0. The van der Waals surface area contributed by atoms with Crippen LogP contribution < -0.4 is 10.6 Å². The molecule has 1 aliphatic carbocycles. The van der Waals surface area contributed by atoms with E-state index in [2.05, 4.69) is 64.9 Å². The maximum absolute atomic E-state index is 4.86. The molecule has 5 nitrogen and oxygen atoms in total. The highest BCUT2D eigenvalue weighted by atomic mass is 15.1. The number of rotatable bonds is 3. The van der Waals surface area contributed by atoms with Crippen molar-refractivity contribution in [1.29, 1.82) is 0 Å². The highest BCUT2D eigenvalue weighted by molar-refractivity contribution is 5.83. The number of nitrogens with zero attached hydrogens (tertiary/aromatic N) is 2. The molecule has 2 aliphatic rings. The second-order valence-electron chi connectivity index (χ2n) is 8.00. The zero-order valence-electron chi connectivity index (χ0n) is 16.1. The predicted molar refractivity (Wildman–Crippen MR) is 111 cm³/mol. The van der Waals surface area contributed by atoms with Gasteiger partial charge in [-0.2, -0.15) is 0 Å². The molecule has 0 radical (unpaired) electrons. The van der Waals surface area contributed by atoms with Gasteiger partial charge in [0, 0.05) is 35.9 Å². The van der Waals surface area contributed by atoms with E-state index >= 15 is 0 Å². The maximum Gasteiger partial charge on any atom is 0.140 e. The molecule has 3 heterocycles. The molecule has 0 amide bonds. The second-order valence-corrected chi connectivity index (χ2v) is 8.00. The van der Waals surface area contributed by atoms with Crippen LogP contribution in [0.2, 0.25) is 0 Å². The van der Waals surface area contributed by atoms with Crippen molar-refractivity contribution >= 4 is 22.5 Å². The number of benzene rings is 1. The molecule has 0 spiro atoms. The Morgan fingerprint density at radius 2 is 2.07 bits per heavy atom. The van der Waals surface area contributed by atoms with Crippen LogP contribution in [0.3, 0.4) is 0 Å². The van der Waals surface area contributed by atoms with E-state index in [-0.39, 0.29) is 0 Å². The average molecular weight is 361 g/mol. The van der Waals surface area contributed by atoms with Crippen molar-refractivity contribution in [2.24, 2.45) is 0 Å². The Morgan fingerprint density at radius 3 is 2.96 bits per heavy atom. The molecule has 0 bridgehead atoms. The van der Waals surface area contributed by atoms with E-state index in [4.69, 9.17) is 4.98 Å². The monoisotopic (exact) mass is 361 g/mol. The lowest BCUT2D eigenvalue weighted by Gasteiger charge is -2.25. The van der Waals surface area contributed by atoms with Gasteiger partial charge in [0.25, 0.3) is 0 Å². The van der Waals surface area contributed by atoms with E-state index < -0.39 is 0 Å². The second kappa shape index (κ2) is 6.66. The Balaban J connectivity index is 1.42. The van der Waals surface area contributed by atoms with Crippen LogP contribution in [-0.2, 0) is 25.8 Å². The fourth-order valence-corrected chi connectivity index (χ4v) is 4.53. The first kappa shape index (κ1) is 16.8. The molecule has 1 atom stereocenters. The molecular weight excluding hydrogens is 334 g/mol. The van der Waals surface area contributed by atoms with Crippen LogP contribution in [0.15, 0.2) is 30.3 Å². The van der Waals surface area contributed by atoms with Gasteiger partial charge in [0.15, 0.2) is 0 Å². The summed E-state index contributed by atoms with van der Waals surface area (Å²) >= 11 is 0. The van der Waals surface area contributed by atoms with Crippen LogP contribution in [0.1, 0.15) is 28.8 Å². The number of aromatic nitrogens is 2. The molecule has 0 saturated carbocycles. The van der Waals surface area contributed by atoms with E-state index in [1.165, 1.54) is 34.2 Å². The minimum Gasteiger partial charge on any atom is -0.343 e. The molecule has 3 N–H and O–H groups in total. The van der Waals surface area contributed by atoms with Crippen LogP contribution in [-0.4, -0.2) is 41.5 Å². The topological polar surface area (TPSA) is 56.0 Å². The number of hydrogen-bond donors (Lipinski definition) is 3. The number of pyridine rings is 1. The van der Waals surface area contributed by atoms with Gasteiger partial charge in [-0.25, -0.2) is 4.98 Å². The SMILES string of the molecule is CNC1CCc2[nH]c3nc(Nc4ccc5c(c4)CN(C)CC5)ccc3c2C1.